The second kappa shape index (κ2) is 9.12. The third-order valence-corrected chi connectivity index (χ3v) is 4.96. The van der Waals surface area contributed by atoms with Crippen molar-refractivity contribution in [3.8, 4) is 11.5 Å². The Labute approximate surface area is 155 Å². The molecule has 0 bridgehead atoms. The average Bonchev–Trinajstić information content (AvgIpc) is 3.14. The third-order valence-electron chi connectivity index (χ3n) is 4.68. The highest BCUT2D eigenvalue weighted by Gasteiger charge is 2.19. The summed E-state index contributed by atoms with van der Waals surface area (Å²) in [5.41, 5.74) is 2.30. The lowest BCUT2D eigenvalue weighted by Crippen LogP contribution is -2.87. The van der Waals surface area contributed by atoms with Gasteiger partial charge in [0.15, 0.2) is 11.5 Å². The van der Waals surface area contributed by atoms with Gasteiger partial charge in [-0.3, -0.25) is 0 Å². The second-order valence-electron chi connectivity index (χ2n) is 6.60. The lowest BCUT2D eigenvalue weighted by Gasteiger charge is -2.16. The molecular weight excluding hydrogens is 334 g/mol. The molecule has 4 heteroatoms. The van der Waals surface area contributed by atoms with Crippen molar-refractivity contribution in [3.05, 3.63) is 58.6 Å². The van der Waals surface area contributed by atoms with Gasteiger partial charge in [0.25, 0.3) is 0 Å². The maximum atomic E-state index is 6.51. The fourth-order valence-corrected chi connectivity index (χ4v) is 3.66. The molecule has 2 aromatic rings. The molecule has 0 atom stereocenters. The van der Waals surface area contributed by atoms with E-state index in [2.05, 4.69) is 11.4 Å². The first kappa shape index (κ1) is 18.1. The molecular formula is C21H27ClNO2+. The Morgan fingerprint density at radius 2 is 1.80 bits per heavy atom. The van der Waals surface area contributed by atoms with Gasteiger partial charge in [-0.25, -0.2) is 0 Å². The van der Waals surface area contributed by atoms with Crippen LogP contribution in [0.5, 0.6) is 11.5 Å². The second-order valence-corrected chi connectivity index (χ2v) is 7.00. The molecule has 1 aliphatic carbocycles. The highest BCUT2D eigenvalue weighted by Crippen LogP contribution is 2.37. The van der Waals surface area contributed by atoms with E-state index in [1.807, 2.05) is 43.3 Å². The van der Waals surface area contributed by atoms with Crippen molar-refractivity contribution >= 4 is 11.6 Å². The highest BCUT2D eigenvalue weighted by molar-refractivity contribution is 6.32. The first-order valence-corrected chi connectivity index (χ1v) is 9.59. The van der Waals surface area contributed by atoms with Gasteiger partial charge in [0, 0.05) is 5.56 Å². The molecule has 0 spiro atoms. The molecule has 1 aliphatic rings. The number of benzene rings is 2. The SMILES string of the molecule is CCOc1cc(C[NH2+]C2CCCC2)cc(Cl)c1OCc1ccccc1. The van der Waals surface area contributed by atoms with Gasteiger partial charge in [-0.05, 0) is 50.3 Å². The minimum atomic E-state index is 0.480. The molecule has 0 aromatic heterocycles. The lowest BCUT2D eigenvalue weighted by molar-refractivity contribution is -0.703. The monoisotopic (exact) mass is 360 g/mol. The summed E-state index contributed by atoms with van der Waals surface area (Å²) in [6, 6.07) is 14.9. The Balaban J connectivity index is 1.70. The number of halogens is 1. The normalized spacial score (nSPS) is 14.6. The zero-order valence-corrected chi connectivity index (χ0v) is 15.6. The van der Waals surface area contributed by atoms with Crippen LogP contribution in [-0.4, -0.2) is 12.6 Å². The quantitative estimate of drug-likeness (QED) is 0.760. The minimum Gasteiger partial charge on any atom is -0.490 e. The van der Waals surface area contributed by atoms with Gasteiger partial charge < -0.3 is 14.8 Å². The molecule has 0 amide bonds. The van der Waals surface area contributed by atoms with Crippen molar-refractivity contribution in [2.24, 2.45) is 0 Å². The third kappa shape index (κ3) is 5.13. The van der Waals surface area contributed by atoms with E-state index < -0.39 is 0 Å². The zero-order valence-electron chi connectivity index (χ0n) is 14.8. The first-order chi connectivity index (χ1) is 12.3. The molecule has 134 valence electrons. The van der Waals surface area contributed by atoms with Crippen molar-refractivity contribution in [2.45, 2.75) is 51.8 Å². The molecule has 0 aliphatic heterocycles. The van der Waals surface area contributed by atoms with Crippen LogP contribution in [0.3, 0.4) is 0 Å². The van der Waals surface area contributed by atoms with Gasteiger partial charge in [-0.2, -0.15) is 0 Å². The van der Waals surface area contributed by atoms with Gasteiger partial charge in [0.05, 0.1) is 17.7 Å². The van der Waals surface area contributed by atoms with Gasteiger partial charge in [-0.15, -0.1) is 0 Å². The zero-order chi connectivity index (χ0) is 17.5. The van der Waals surface area contributed by atoms with Crippen LogP contribution in [0.25, 0.3) is 0 Å². The van der Waals surface area contributed by atoms with E-state index in [-0.39, 0.29) is 0 Å². The van der Waals surface area contributed by atoms with Gasteiger partial charge in [-0.1, -0.05) is 41.9 Å². The fraction of sp³-hybridized carbons (Fsp3) is 0.429. The summed E-state index contributed by atoms with van der Waals surface area (Å²) in [7, 11) is 0. The first-order valence-electron chi connectivity index (χ1n) is 9.21. The van der Waals surface area contributed by atoms with Crippen LogP contribution in [-0.2, 0) is 13.2 Å². The summed E-state index contributed by atoms with van der Waals surface area (Å²) in [5, 5.41) is 3.05. The van der Waals surface area contributed by atoms with Crippen molar-refractivity contribution < 1.29 is 14.8 Å². The van der Waals surface area contributed by atoms with Crippen LogP contribution in [0.1, 0.15) is 43.7 Å². The number of hydrogen-bond acceptors (Lipinski definition) is 2. The number of rotatable bonds is 8. The summed E-state index contributed by atoms with van der Waals surface area (Å²) in [5.74, 6) is 1.37. The molecule has 0 unspecified atom stereocenters. The Morgan fingerprint density at radius 3 is 2.52 bits per heavy atom. The molecule has 0 saturated heterocycles. The Bertz CT molecular complexity index is 669. The van der Waals surface area contributed by atoms with Crippen molar-refractivity contribution in [1.29, 1.82) is 0 Å². The van der Waals surface area contributed by atoms with E-state index in [1.54, 1.807) is 0 Å². The average molecular weight is 361 g/mol. The van der Waals surface area contributed by atoms with E-state index >= 15 is 0 Å². The number of ether oxygens (including phenoxy) is 2. The van der Waals surface area contributed by atoms with Crippen molar-refractivity contribution in [1.82, 2.24) is 0 Å². The van der Waals surface area contributed by atoms with Crippen LogP contribution < -0.4 is 14.8 Å². The topological polar surface area (TPSA) is 35.1 Å². The van der Waals surface area contributed by atoms with Crippen molar-refractivity contribution in [2.75, 3.05) is 6.61 Å². The number of hydrogen-bond donors (Lipinski definition) is 1. The molecule has 3 rings (SSSR count). The molecule has 3 nitrogen and oxygen atoms in total. The van der Waals surface area contributed by atoms with Crippen LogP contribution in [0.15, 0.2) is 42.5 Å². The van der Waals surface area contributed by atoms with Gasteiger partial charge in [0.2, 0.25) is 0 Å². The summed E-state index contributed by atoms with van der Waals surface area (Å²) in [6.45, 7) is 3.98. The summed E-state index contributed by atoms with van der Waals surface area (Å²) < 4.78 is 11.8. The van der Waals surface area contributed by atoms with Crippen molar-refractivity contribution in [3.63, 3.8) is 0 Å². The summed E-state index contributed by atoms with van der Waals surface area (Å²) in [4.78, 5) is 0. The Morgan fingerprint density at radius 1 is 1.04 bits per heavy atom. The minimum absolute atomic E-state index is 0.480. The summed E-state index contributed by atoms with van der Waals surface area (Å²) in [6.07, 6.45) is 5.37. The van der Waals surface area contributed by atoms with Crippen LogP contribution in [0, 0.1) is 0 Å². The molecule has 0 heterocycles. The lowest BCUT2D eigenvalue weighted by atomic mass is 10.1. The fourth-order valence-electron chi connectivity index (χ4n) is 3.37. The molecule has 1 saturated carbocycles. The van der Waals surface area contributed by atoms with E-state index in [0.29, 0.717) is 24.0 Å². The molecule has 2 N–H and O–H groups in total. The Kier molecular flexibility index (Phi) is 6.60. The predicted octanol–water partition coefficient (Wildman–Crippen LogP) is 4.32. The van der Waals surface area contributed by atoms with E-state index in [1.165, 1.54) is 31.2 Å². The van der Waals surface area contributed by atoms with Crippen LogP contribution in [0.2, 0.25) is 5.02 Å². The van der Waals surface area contributed by atoms with E-state index in [9.17, 15) is 0 Å². The smallest absolute Gasteiger partial charge is 0.180 e. The molecule has 2 aromatic carbocycles. The predicted molar refractivity (Wildman–Crippen MR) is 101 cm³/mol. The Hall–Kier alpha value is -1.71. The molecule has 25 heavy (non-hydrogen) atoms. The van der Waals surface area contributed by atoms with E-state index in [4.69, 9.17) is 21.1 Å². The molecule has 0 radical (unpaired) electrons. The maximum absolute atomic E-state index is 6.51. The van der Waals surface area contributed by atoms with Crippen LogP contribution >= 0.6 is 11.6 Å². The van der Waals surface area contributed by atoms with Crippen LogP contribution in [0.4, 0.5) is 0 Å². The number of nitrogens with two attached hydrogens (primary N) is 1. The van der Waals surface area contributed by atoms with E-state index in [0.717, 1.165) is 23.9 Å². The summed E-state index contributed by atoms with van der Waals surface area (Å²) >= 11 is 6.51. The highest BCUT2D eigenvalue weighted by atomic mass is 35.5. The molecule has 1 fully saturated rings. The largest absolute Gasteiger partial charge is 0.490 e. The van der Waals surface area contributed by atoms with Gasteiger partial charge in [0.1, 0.15) is 13.2 Å². The maximum Gasteiger partial charge on any atom is 0.180 e. The number of quaternary nitrogens is 1. The van der Waals surface area contributed by atoms with Gasteiger partial charge >= 0.3 is 0 Å². The standard InChI is InChI=1S/C21H26ClNO2/c1-2-24-20-13-17(14-23-18-10-6-7-11-18)12-19(22)21(20)25-15-16-8-4-3-5-9-16/h3-5,8-9,12-13,18,23H,2,6-7,10-11,14-15H2,1H3/p+1.